The van der Waals surface area contributed by atoms with E-state index in [2.05, 4.69) is 15.2 Å². The molecule has 0 aromatic carbocycles. The summed E-state index contributed by atoms with van der Waals surface area (Å²) in [6, 6.07) is 0. The number of nitrogens with one attached hydrogen (secondary N) is 1. The molecule has 0 saturated heterocycles. The molecule has 1 atom stereocenters. The summed E-state index contributed by atoms with van der Waals surface area (Å²) in [6.07, 6.45) is 0. The number of hydrogen-bond acceptors (Lipinski definition) is 4. The van der Waals surface area contributed by atoms with E-state index in [4.69, 9.17) is 5.11 Å². The number of carbonyl (C=O) groups excluding carboxylic acids is 1. The van der Waals surface area contributed by atoms with E-state index in [9.17, 15) is 9.59 Å². The maximum atomic E-state index is 12.0. The van der Waals surface area contributed by atoms with Crippen molar-refractivity contribution in [1.29, 1.82) is 0 Å². The van der Waals surface area contributed by atoms with Crippen LogP contribution in [-0.4, -0.2) is 50.7 Å². The third-order valence-electron chi connectivity index (χ3n) is 2.70. The van der Waals surface area contributed by atoms with Gasteiger partial charge in [-0.05, 0) is 0 Å². The molecule has 1 amide bonds. The Labute approximate surface area is 112 Å². The smallest absolute Gasteiger partial charge is 0.308 e. The van der Waals surface area contributed by atoms with Crippen LogP contribution in [0.3, 0.4) is 0 Å². The quantitative estimate of drug-likeness (QED) is 0.845. The molecule has 1 aromatic heterocycles. The predicted molar refractivity (Wildman–Crippen MR) is 68.8 cm³/mol. The van der Waals surface area contributed by atoms with Crippen molar-refractivity contribution in [3.05, 3.63) is 11.6 Å². The van der Waals surface area contributed by atoms with Gasteiger partial charge in [0.1, 0.15) is 5.82 Å². The molecule has 0 radical (unpaired) electrons. The summed E-state index contributed by atoms with van der Waals surface area (Å²) < 4.78 is 0. The Bertz CT molecular complexity index is 476. The zero-order chi connectivity index (χ0) is 14.8. The molecule has 0 fully saturated rings. The lowest BCUT2D eigenvalue weighted by Gasteiger charge is -2.17. The molecular formula is C12H20N4O3. The lowest BCUT2D eigenvalue weighted by molar-refractivity contribution is -0.141. The molecular weight excluding hydrogens is 248 g/mol. The van der Waals surface area contributed by atoms with Crippen LogP contribution in [0.15, 0.2) is 0 Å². The zero-order valence-corrected chi connectivity index (χ0v) is 11.9. The van der Waals surface area contributed by atoms with E-state index in [0.717, 1.165) is 0 Å². The van der Waals surface area contributed by atoms with Crippen LogP contribution in [0, 0.1) is 5.92 Å². The van der Waals surface area contributed by atoms with E-state index >= 15 is 0 Å². The minimum absolute atomic E-state index is 0.0602. The van der Waals surface area contributed by atoms with Crippen LogP contribution in [-0.2, 0) is 10.2 Å². The Hall–Kier alpha value is -1.92. The number of rotatable bonds is 4. The largest absolute Gasteiger partial charge is 0.481 e. The number of amides is 1. The molecule has 0 spiro atoms. The summed E-state index contributed by atoms with van der Waals surface area (Å²) in [4.78, 5) is 28.2. The third-order valence-corrected chi connectivity index (χ3v) is 2.70. The van der Waals surface area contributed by atoms with Crippen molar-refractivity contribution in [2.24, 2.45) is 5.92 Å². The van der Waals surface area contributed by atoms with Crippen LogP contribution < -0.4 is 0 Å². The topological polar surface area (TPSA) is 99.2 Å². The van der Waals surface area contributed by atoms with Gasteiger partial charge in [-0.15, -0.1) is 5.10 Å². The average Bonchev–Trinajstić information content (AvgIpc) is 2.76. The molecule has 1 aromatic rings. The fourth-order valence-electron chi connectivity index (χ4n) is 1.44. The van der Waals surface area contributed by atoms with Crippen molar-refractivity contribution in [1.82, 2.24) is 20.1 Å². The number of aromatic amines is 1. The van der Waals surface area contributed by atoms with E-state index < -0.39 is 11.9 Å². The minimum Gasteiger partial charge on any atom is -0.481 e. The first kappa shape index (κ1) is 15.1. The number of aliphatic carboxylic acids is 1. The number of carboxylic acids is 1. The molecule has 1 unspecified atom stereocenters. The molecule has 0 aliphatic heterocycles. The third kappa shape index (κ3) is 3.77. The van der Waals surface area contributed by atoms with Crippen molar-refractivity contribution in [2.45, 2.75) is 33.1 Å². The lowest BCUT2D eigenvalue weighted by atomic mass is 9.96. The van der Waals surface area contributed by atoms with Gasteiger partial charge in [-0.3, -0.25) is 14.7 Å². The first-order chi connectivity index (χ1) is 8.62. The second-order valence-electron chi connectivity index (χ2n) is 5.68. The Kier molecular flexibility index (Phi) is 4.28. The molecule has 0 bridgehead atoms. The van der Waals surface area contributed by atoms with Gasteiger partial charge in [0.05, 0.1) is 5.92 Å². The van der Waals surface area contributed by atoms with E-state index in [-0.39, 0.29) is 23.7 Å². The molecule has 0 aliphatic carbocycles. The van der Waals surface area contributed by atoms with Crippen LogP contribution in [0.25, 0.3) is 0 Å². The molecule has 1 rings (SSSR count). The lowest BCUT2D eigenvalue weighted by Crippen LogP contribution is -2.34. The maximum Gasteiger partial charge on any atom is 0.308 e. The summed E-state index contributed by atoms with van der Waals surface area (Å²) >= 11 is 0. The standard InChI is InChI=1S/C12H20N4O3/c1-7(10(18)19)6-16(5)9(17)8-13-11(15-14-8)12(2,3)4/h7H,6H2,1-5H3,(H,18,19)(H,13,14,15). The van der Waals surface area contributed by atoms with Gasteiger partial charge in [0, 0.05) is 19.0 Å². The highest BCUT2D eigenvalue weighted by molar-refractivity contribution is 5.90. The molecule has 1 heterocycles. The van der Waals surface area contributed by atoms with Gasteiger partial charge in [0.15, 0.2) is 0 Å². The number of carboxylic acid groups (broad SMARTS) is 1. The van der Waals surface area contributed by atoms with Crippen molar-refractivity contribution in [3.8, 4) is 0 Å². The van der Waals surface area contributed by atoms with Gasteiger partial charge in [0.2, 0.25) is 5.82 Å². The van der Waals surface area contributed by atoms with Gasteiger partial charge in [0.25, 0.3) is 5.91 Å². The van der Waals surface area contributed by atoms with Crippen molar-refractivity contribution in [2.75, 3.05) is 13.6 Å². The highest BCUT2D eigenvalue weighted by Gasteiger charge is 2.24. The summed E-state index contributed by atoms with van der Waals surface area (Å²) in [7, 11) is 1.54. The van der Waals surface area contributed by atoms with Crippen LogP contribution in [0.4, 0.5) is 0 Å². The number of hydrogen-bond donors (Lipinski definition) is 2. The molecule has 0 saturated carbocycles. The maximum absolute atomic E-state index is 12.0. The van der Waals surface area contributed by atoms with Crippen LogP contribution in [0.5, 0.6) is 0 Å². The number of aromatic nitrogens is 3. The van der Waals surface area contributed by atoms with E-state index in [1.165, 1.54) is 11.9 Å². The van der Waals surface area contributed by atoms with Crippen molar-refractivity contribution >= 4 is 11.9 Å². The van der Waals surface area contributed by atoms with Gasteiger partial charge >= 0.3 is 5.97 Å². The van der Waals surface area contributed by atoms with Crippen molar-refractivity contribution < 1.29 is 14.7 Å². The van der Waals surface area contributed by atoms with Gasteiger partial charge in [-0.25, -0.2) is 4.98 Å². The highest BCUT2D eigenvalue weighted by atomic mass is 16.4. The van der Waals surface area contributed by atoms with Crippen LogP contribution in [0.1, 0.15) is 44.1 Å². The Morgan fingerprint density at radius 3 is 2.42 bits per heavy atom. The molecule has 2 N–H and O–H groups in total. The van der Waals surface area contributed by atoms with Crippen LogP contribution >= 0.6 is 0 Å². The van der Waals surface area contributed by atoms with E-state index in [0.29, 0.717) is 5.82 Å². The Morgan fingerprint density at radius 1 is 1.42 bits per heavy atom. The first-order valence-electron chi connectivity index (χ1n) is 6.04. The fraction of sp³-hybridized carbons (Fsp3) is 0.667. The summed E-state index contributed by atoms with van der Waals surface area (Å²) in [5.41, 5.74) is -0.224. The van der Waals surface area contributed by atoms with E-state index in [1.807, 2.05) is 20.8 Å². The number of H-pyrrole nitrogens is 1. The first-order valence-corrected chi connectivity index (χ1v) is 6.04. The number of nitrogens with zero attached hydrogens (tertiary/aromatic N) is 3. The predicted octanol–water partition coefficient (Wildman–Crippen LogP) is 0.895. The molecule has 0 aliphatic rings. The summed E-state index contributed by atoms with van der Waals surface area (Å²) in [6.45, 7) is 7.53. The fourth-order valence-corrected chi connectivity index (χ4v) is 1.44. The normalized spacial score (nSPS) is 13.1. The Morgan fingerprint density at radius 2 is 2.00 bits per heavy atom. The van der Waals surface area contributed by atoms with Gasteiger partial charge in [-0.2, -0.15) is 0 Å². The summed E-state index contributed by atoms with van der Waals surface area (Å²) in [5.74, 6) is -1.28. The molecule has 7 nitrogen and oxygen atoms in total. The summed E-state index contributed by atoms with van der Waals surface area (Å²) in [5, 5.41) is 15.4. The molecule has 7 heteroatoms. The minimum atomic E-state index is -0.940. The average molecular weight is 268 g/mol. The number of carbonyl (C=O) groups is 2. The van der Waals surface area contributed by atoms with Gasteiger partial charge in [-0.1, -0.05) is 27.7 Å². The van der Waals surface area contributed by atoms with Crippen LogP contribution in [0.2, 0.25) is 0 Å². The molecule has 19 heavy (non-hydrogen) atoms. The second-order valence-corrected chi connectivity index (χ2v) is 5.68. The highest BCUT2D eigenvalue weighted by Crippen LogP contribution is 2.17. The zero-order valence-electron chi connectivity index (χ0n) is 11.9. The van der Waals surface area contributed by atoms with Gasteiger partial charge < -0.3 is 10.0 Å². The Balaban J connectivity index is 2.78. The van der Waals surface area contributed by atoms with E-state index in [1.54, 1.807) is 6.92 Å². The SMILES string of the molecule is CC(CN(C)C(=O)c1n[nH]c(C(C)(C)C)n1)C(=O)O. The van der Waals surface area contributed by atoms with Crippen molar-refractivity contribution in [3.63, 3.8) is 0 Å². The second kappa shape index (κ2) is 5.38. The monoisotopic (exact) mass is 268 g/mol. The molecule has 106 valence electrons.